The Hall–Kier alpha value is -1.81. The second-order valence-electron chi connectivity index (χ2n) is 5.88. The van der Waals surface area contributed by atoms with Crippen LogP contribution in [0.15, 0.2) is 30.5 Å². The average molecular weight is 318 g/mol. The number of carbonyl (C=O) groups is 1. The lowest BCUT2D eigenvalue weighted by molar-refractivity contribution is -0.119. The number of rotatable bonds is 3. The van der Waals surface area contributed by atoms with Gasteiger partial charge in [-0.1, -0.05) is 11.6 Å². The van der Waals surface area contributed by atoms with E-state index in [1.54, 1.807) is 6.92 Å². The van der Waals surface area contributed by atoms with Gasteiger partial charge in [0.2, 0.25) is 5.91 Å². The van der Waals surface area contributed by atoms with Crippen LogP contribution >= 0.6 is 11.6 Å². The minimum absolute atomic E-state index is 0.0401. The highest BCUT2D eigenvalue weighted by Crippen LogP contribution is 2.30. The summed E-state index contributed by atoms with van der Waals surface area (Å²) in [4.78, 5) is 17.9. The molecule has 3 rings (SSSR count). The smallest absolute Gasteiger partial charge is 0.216 e. The Morgan fingerprint density at radius 3 is 3.14 bits per heavy atom. The Bertz CT molecular complexity index is 689. The molecule has 1 amide bonds. The van der Waals surface area contributed by atoms with Crippen molar-refractivity contribution >= 4 is 34.1 Å². The van der Waals surface area contributed by atoms with Gasteiger partial charge < -0.3 is 10.2 Å². The minimum atomic E-state index is 0.0401. The van der Waals surface area contributed by atoms with Crippen molar-refractivity contribution in [3.8, 4) is 0 Å². The number of amides is 1. The van der Waals surface area contributed by atoms with Crippen LogP contribution in [-0.4, -0.2) is 30.5 Å². The van der Waals surface area contributed by atoms with E-state index in [9.17, 15) is 4.79 Å². The molecule has 2 aromatic rings. The van der Waals surface area contributed by atoms with Crippen LogP contribution in [0.3, 0.4) is 0 Å². The molecule has 1 aromatic heterocycles. The lowest BCUT2D eigenvalue weighted by Crippen LogP contribution is -2.40. The molecule has 1 aromatic carbocycles. The molecule has 4 nitrogen and oxygen atoms in total. The zero-order valence-corrected chi connectivity index (χ0v) is 13.4. The van der Waals surface area contributed by atoms with E-state index in [1.165, 1.54) is 5.69 Å². The third kappa shape index (κ3) is 3.33. The number of hydrogen-bond acceptors (Lipinski definition) is 3. The molecule has 1 aliphatic rings. The molecule has 116 valence electrons. The van der Waals surface area contributed by atoms with Crippen LogP contribution in [0.4, 0.5) is 5.69 Å². The van der Waals surface area contributed by atoms with Gasteiger partial charge in [0.05, 0.1) is 5.52 Å². The fourth-order valence-electron chi connectivity index (χ4n) is 3.12. The summed E-state index contributed by atoms with van der Waals surface area (Å²) in [5.74, 6) is 0.526. The van der Waals surface area contributed by atoms with Crippen LogP contribution in [0.2, 0.25) is 5.02 Å². The maximum absolute atomic E-state index is 11.1. The Morgan fingerprint density at radius 2 is 2.32 bits per heavy atom. The first kappa shape index (κ1) is 15.1. The molecule has 2 heterocycles. The van der Waals surface area contributed by atoms with Gasteiger partial charge in [-0.15, -0.1) is 0 Å². The molecule has 1 aliphatic heterocycles. The number of halogens is 1. The van der Waals surface area contributed by atoms with Gasteiger partial charge in [-0.25, -0.2) is 0 Å². The second-order valence-corrected chi connectivity index (χ2v) is 6.32. The van der Waals surface area contributed by atoms with Crippen LogP contribution in [0.25, 0.3) is 10.9 Å². The van der Waals surface area contributed by atoms with Crippen LogP contribution in [0, 0.1) is 5.92 Å². The summed E-state index contributed by atoms with van der Waals surface area (Å²) in [7, 11) is 0. The molecular weight excluding hydrogens is 298 g/mol. The van der Waals surface area contributed by atoms with Gasteiger partial charge in [0.1, 0.15) is 0 Å². The maximum Gasteiger partial charge on any atom is 0.216 e. The predicted octanol–water partition coefficient (Wildman–Crippen LogP) is 3.24. The summed E-state index contributed by atoms with van der Waals surface area (Å²) in [6.45, 7) is 4.29. The molecule has 0 bridgehead atoms. The maximum atomic E-state index is 11.1. The Balaban J connectivity index is 1.84. The normalized spacial score (nSPS) is 18.5. The minimum Gasteiger partial charge on any atom is -0.371 e. The van der Waals surface area contributed by atoms with E-state index < -0.39 is 0 Å². The summed E-state index contributed by atoms with van der Waals surface area (Å²) < 4.78 is 0. The SMILES string of the molecule is CC(=O)NCC1CCCN(c2ccnc3ccc(Cl)cc23)C1. The second kappa shape index (κ2) is 6.53. The highest BCUT2D eigenvalue weighted by atomic mass is 35.5. The zero-order valence-electron chi connectivity index (χ0n) is 12.7. The van der Waals surface area contributed by atoms with E-state index in [0.717, 1.165) is 48.4 Å². The summed E-state index contributed by atoms with van der Waals surface area (Å²) in [5, 5.41) is 4.76. The third-order valence-electron chi connectivity index (χ3n) is 4.18. The first-order valence-corrected chi connectivity index (χ1v) is 8.05. The van der Waals surface area contributed by atoms with Crippen LogP contribution in [0.5, 0.6) is 0 Å². The number of piperidine rings is 1. The highest BCUT2D eigenvalue weighted by molar-refractivity contribution is 6.31. The van der Waals surface area contributed by atoms with Gasteiger partial charge in [0.25, 0.3) is 0 Å². The van der Waals surface area contributed by atoms with E-state index in [2.05, 4.69) is 21.3 Å². The van der Waals surface area contributed by atoms with Crippen LogP contribution < -0.4 is 10.2 Å². The topological polar surface area (TPSA) is 45.2 Å². The summed E-state index contributed by atoms with van der Waals surface area (Å²) in [6.07, 6.45) is 4.14. The molecule has 1 fully saturated rings. The third-order valence-corrected chi connectivity index (χ3v) is 4.42. The number of pyridine rings is 1. The molecule has 22 heavy (non-hydrogen) atoms. The van der Waals surface area contributed by atoms with Crippen molar-refractivity contribution in [2.24, 2.45) is 5.92 Å². The van der Waals surface area contributed by atoms with Gasteiger partial charge in [-0.05, 0) is 43.0 Å². The fourth-order valence-corrected chi connectivity index (χ4v) is 3.29. The number of anilines is 1. The van der Waals surface area contributed by atoms with Crippen LogP contribution in [0.1, 0.15) is 19.8 Å². The molecule has 0 spiro atoms. The van der Waals surface area contributed by atoms with Crippen molar-refractivity contribution in [2.45, 2.75) is 19.8 Å². The van der Waals surface area contributed by atoms with Crippen molar-refractivity contribution in [1.82, 2.24) is 10.3 Å². The van der Waals surface area contributed by atoms with E-state index in [0.29, 0.717) is 5.92 Å². The summed E-state index contributed by atoms with van der Waals surface area (Å²) in [6, 6.07) is 7.87. The molecule has 0 saturated carbocycles. The number of nitrogens with one attached hydrogen (secondary N) is 1. The van der Waals surface area contributed by atoms with E-state index >= 15 is 0 Å². The van der Waals surface area contributed by atoms with Gasteiger partial charge in [-0.2, -0.15) is 0 Å². The van der Waals surface area contributed by atoms with Crippen molar-refractivity contribution in [3.05, 3.63) is 35.5 Å². The molecule has 1 saturated heterocycles. The van der Waals surface area contributed by atoms with E-state index in [1.807, 2.05) is 24.4 Å². The number of hydrogen-bond donors (Lipinski definition) is 1. The molecule has 1 atom stereocenters. The molecule has 1 unspecified atom stereocenters. The van der Waals surface area contributed by atoms with Crippen molar-refractivity contribution in [3.63, 3.8) is 0 Å². The van der Waals surface area contributed by atoms with Gasteiger partial charge >= 0.3 is 0 Å². The van der Waals surface area contributed by atoms with Crippen molar-refractivity contribution < 1.29 is 4.79 Å². The zero-order chi connectivity index (χ0) is 15.5. The predicted molar refractivity (Wildman–Crippen MR) is 90.4 cm³/mol. The van der Waals surface area contributed by atoms with Crippen molar-refractivity contribution in [1.29, 1.82) is 0 Å². The monoisotopic (exact) mass is 317 g/mol. The number of carbonyl (C=O) groups excluding carboxylic acids is 1. The number of fused-ring (bicyclic) bond motifs is 1. The van der Waals surface area contributed by atoms with E-state index in [-0.39, 0.29) is 5.91 Å². The standard InChI is InChI=1S/C17H20ClN3O/c1-12(22)20-10-13-3-2-8-21(11-13)17-6-7-19-16-5-4-14(18)9-15(16)17/h4-7,9,13H,2-3,8,10-11H2,1H3,(H,20,22). The molecule has 0 radical (unpaired) electrons. The fraction of sp³-hybridized carbons (Fsp3) is 0.412. The average Bonchev–Trinajstić information content (AvgIpc) is 2.52. The van der Waals surface area contributed by atoms with E-state index in [4.69, 9.17) is 11.6 Å². The first-order valence-electron chi connectivity index (χ1n) is 7.67. The molecule has 0 aliphatic carbocycles. The number of benzene rings is 1. The summed E-state index contributed by atoms with van der Waals surface area (Å²) in [5.41, 5.74) is 2.14. The number of nitrogens with zero attached hydrogens (tertiary/aromatic N) is 2. The Kier molecular flexibility index (Phi) is 4.48. The molecule has 5 heteroatoms. The highest BCUT2D eigenvalue weighted by Gasteiger charge is 2.21. The first-order chi connectivity index (χ1) is 10.6. The molecular formula is C17H20ClN3O. The largest absolute Gasteiger partial charge is 0.371 e. The van der Waals surface area contributed by atoms with Gasteiger partial charge in [0.15, 0.2) is 0 Å². The Labute approximate surface area is 135 Å². The van der Waals surface area contributed by atoms with Gasteiger partial charge in [0, 0.05) is 48.9 Å². The lowest BCUT2D eigenvalue weighted by atomic mass is 9.97. The van der Waals surface area contributed by atoms with Gasteiger partial charge in [-0.3, -0.25) is 9.78 Å². The lowest BCUT2D eigenvalue weighted by Gasteiger charge is -2.35. The quantitative estimate of drug-likeness (QED) is 0.945. The van der Waals surface area contributed by atoms with Crippen molar-refractivity contribution in [2.75, 3.05) is 24.5 Å². The van der Waals surface area contributed by atoms with Crippen LogP contribution in [-0.2, 0) is 4.79 Å². The molecule has 1 N–H and O–H groups in total. The Morgan fingerprint density at radius 1 is 1.45 bits per heavy atom. The summed E-state index contributed by atoms with van der Waals surface area (Å²) >= 11 is 6.15. The number of aromatic nitrogens is 1.